The standard InChI is InChI=1S/C15H14ClN3OS/c1-21-15-17-8-12(16)13(19-15)14(20)18-11-6-9-4-2-3-5-10(9)7-11/h2-5,8,11H,6-7H2,1H3,(H,18,20). The van der Waals surface area contributed by atoms with E-state index in [1.165, 1.54) is 29.1 Å². The van der Waals surface area contributed by atoms with Gasteiger partial charge in [-0.05, 0) is 30.2 Å². The van der Waals surface area contributed by atoms with Crippen molar-refractivity contribution < 1.29 is 4.79 Å². The number of hydrogen-bond acceptors (Lipinski definition) is 4. The summed E-state index contributed by atoms with van der Waals surface area (Å²) in [6.45, 7) is 0. The Kier molecular flexibility index (Phi) is 4.12. The Bertz CT molecular complexity index is 667. The van der Waals surface area contributed by atoms with Crippen molar-refractivity contribution >= 4 is 29.3 Å². The maximum Gasteiger partial charge on any atom is 0.271 e. The molecule has 1 N–H and O–H groups in total. The zero-order valence-electron chi connectivity index (χ0n) is 11.5. The van der Waals surface area contributed by atoms with Gasteiger partial charge in [-0.3, -0.25) is 4.79 Å². The number of carbonyl (C=O) groups excluding carboxylic acids is 1. The van der Waals surface area contributed by atoms with Crippen LogP contribution in [0, 0.1) is 0 Å². The summed E-state index contributed by atoms with van der Waals surface area (Å²) in [4.78, 5) is 20.6. The molecule has 0 spiro atoms. The van der Waals surface area contributed by atoms with Crippen LogP contribution in [0.15, 0.2) is 35.6 Å². The summed E-state index contributed by atoms with van der Waals surface area (Å²) in [7, 11) is 0. The van der Waals surface area contributed by atoms with E-state index in [0.717, 1.165) is 12.8 Å². The molecule has 2 aromatic rings. The molecule has 0 fully saturated rings. The lowest BCUT2D eigenvalue weighted by molar-refractivity contribution is 0.0932. The zero-order chi connectivity index (χ0) is 14.8. The molecule has 3 rings (SSSR count). The average molecular weight is 320 g/mol. The predicted octanol–water partition coefficient (Wildman–Crippen LogP) is 2.75. The van der Waals surface area contributed by atoms with Gasteiger partial charge in [-0.1, -0.05) is 47.6 Å². The third-order valence-electron chi connectivity index (χ3n) is 3.51. The minimum atomic E-state index is -0.240. The topological polar surface area (TPSA) is 54.9 Å². The monoisotopic (exact) mass is 319 g/mol. The van der Waals surface area contributed by atoms with E-state index in [-0.39, 0.29) is 22.7 Å². The number of halogens is 1. The van der Waals surface area contributed by atoms with Crippen molar-refractivity contribution in [1.29, 1.82) is 0 Å². The Labute approximate surface area is 132 Å². The van der Waals surface area contributed by atoms with Crippen molar-refractivity contribution in [3.05, 3.63) is 52.3 Å². The highest BCUT2D eigenvalue weighted by Gasteiger charge is 2.24. The van der Waals surface area contributed by atoms with Gasteiger partial charge >= 0.3 is 0 Å². The van der Waals surface area contributed by atoms with Gasteiger partial charge in [0.2, 0.25) is 0 Å². The van der Waals surface area contributed by atoms with Crippen molar-refractivity contribution in [2.45, 2.75) is 24.0 Å². The second-order valence-corrected chi connectivity index (χ2v) is 6.08. The summed E-state index contributed by atoms with van der Waals surface area (Å²) in [6.07, 6.45) is 5.03. The van der Waals surface area contributed by atoms with Crippen LogP contribution >= 0.6 is 23.4 Å². The molecule has 1 aliphatic carbocycles. The minimum absolute atomic E-state index is 0.0960. The Morgan fingerprint density at radius 2 is 2.00 bits per heavy atom. The normalized spacial score (nSPS) is 14.0. The molecule has 1 aromatic carbocycles. The molecule has 1 amide bonds. The third kappa shape index (κ3) is 3.04. The minimum Gasteiger partial charge on any atom is -0.347 e. The first kappa shape index (κ1) is 14.4. The Morgan fingerprint density at radius 3 is 2.62 bits per heavy atom. The fourth-order valence-electron chi connectivity index (χ4n) is 2.52. The molecule has 6 heteroatoms. The maximum absolute atomic E-state index is 12.3. The van der Waals surface area contributed by atoms with Gasteiger partial charge in [-0.15, -0.1) is 0 Å². The van der Waals surface area contributed by atoms with Crippen LogP contribution < -0.4 is 5.32 Å². The van der Waals surface area contributed by atoms with Crippen molar-refractivity contribution in [1.82, 2.24) is 15.3 Å². The van der Waals surface area contributed by atoms with Crippen LogP contribution in [-0.2, 0) is 12.8 Å². The Balaban J connectivity index is 1.73. The first-order valence-corrected chi connectivity index (χ1v) is 8.22. The molecule has 0 saturated carbocycles. The number of hydrogen-bond donors (Lipinski definition) is 1. The second-order valence-electron chi connectivity index (χ2n) is 4.90. The number of benzene rings is 1. The van der Waals surface area contributed by atoms with Gasteiger partial charge in [0.05, 0.1) is 11.2 Å². The van der Waals surface area contributed by atoms with E-state index in [2.05, 4.69) is 27.4 Å². The second kappa shape index (κ2) is 6.03. The Morgan fingerprint density at radius 1 is 1.33 bits per heavy atom. The summed E-state index contributed by atoms with van der Waals surface area (Å²) in [5.74, 6) is -0.240. The molecule has 0 saturated heterocycles. The third-order valence-corrected chi connectivity index (χ3v) is 4.34. The van der Waals surface area contributed by atoms with E-state index in [0.29, 0.717) is 5.16 Å². The first-order chi connectivity index (χ1) is 10.2. The molecule has 1 aliphatic rings. The highest BCUT2D eigenvalue weighted by atomic mass is 35.5. The van der Waals surface area contributed by atoms with E-state index in [1.54, 1.807) is 0 Å². The highest BCUT2D eigenvalue weighted by molar-refractivity contribution is 7.98. The summed E-state index contributed by atoms with van der Waals surface area (Å²) in [6, 6.07) is 8.35. The van der Waals surface area contributed by atoms with Crippen LogP contribution in [-0.4, -0.2) is 28.2 Å². The van der Waals surface area contributed by atoms with Crippen LogP contribution in [0.4, 0.5) is 0 Å². The van der Waals surface area contributed by atoms with Crippen molar-refractivity contribution in [2.75, 3.05) is 6.26 Å². The summed E-state index contributed by atoms with van der Waals surface area (Å²) in [5.41, 5.74) is 2.83. The summed E-state index contributed by atoms with van der Waals surface area (Å²) in [5, 5.41) is 3.83. The number of carbonyl (C=O) groups is 1. The van der Waals surface area contributed by atoms with Crippen LogP contribution in [0.25, 0.3) is 0 Å². The summed E-state index contributed by atoms with van der Waals surface area (Å²) >= 11 is 7.41. The average Bonchev–Trinajstić information content (AvgIpc) is 2.89. The fourth-order valence-corrected chi connectivity index (χ4v) is 3.04. The molecular weight excluding hydrogens is 306 g/mol. The predicted molar refractivity (Wildman–Crippen MR) is 83.9 cm³/mol. The van der Waals surface area contributed by atoms with Crippen molar-refractivity contribution in [3.8, 4) is 0 Å². The smallest absolute Gasteiger partial charge is 0.271 e. The quantitative estimate of drug-likeness (QED) is 0.698. The number of amides is 1. The Hall–Kier alpha value is -1.59. The van der Waals surface area contributed by atoms with Gasteiger partial charge < -0.3 is 5.32 Å². The SMILES string of the molecule is CSc1ncc(Cl)c(C(=O)NC2Cc3ccccc3C2)n1. The van der Waals surface area contributed by atoms with Gasteiger partial charge in [0, 0.05) is 6.04 Å². The van der Waals surface area contributed by atoms with E-state index in [1.807, 2.05) is 18.4 Å². The molecule has 0 aliphatic heterocycles. The molecule has 0 unspecified atom stereocenters. The van der Waals surface area contributed by atoms with Gasteiger partial charge in [0.25, 0.3) is 5.91 Å². The molecule has 0 atom stereocenters. The highest BCUT2D eigenvalue weighted by Crippen LogP contribution is 2.22. The number of thioether (sulfide) groups is 1. The molecular formula is C15H14ClN3OS. The lowest BCUT2D eigenvalue weighted by Gasteiger charge is -2.12. The number of fused-ring (bicyclic) bond motifs is 1. The maximum atomic E-state index is 12.3. The van der Waals surface area contributed by atoms with Crippen LogP contribution in [0.3, 0.4) is 0 Å². The van der Waals surface area contributed by atoms with E-state index < -0.39 is 0 Å². The summed E-state index contributed by atoms with van der Waals surface area (Å²) < 4.78 is 0. The molecule has 21 heavy (non-hydrogen) atoms. The van der Waals surface area contributed by atoms with Gasteiger partial charge in [-0.2, -0.15) is 0 Å². The van der Waals surface area contributed by atoms with E-state index in [9.17, 15) is 4.79 Å². The molecule has 0 bridgehead atoms. The van der Waals surface area contributed by atoms with Crippen LogP contribution in [0.5, 0.6) is 0 Å². The van der Waals surface area contributed by atoms with Crippen LogP contribution in [0.2, 0.25) is 5.02 Å². The van der Waals surface area contributed by atoms with Crippen molar-refractivity contribution in [2.24, 2.45) is 0 Å². The largest absolute Gasteiger partial charge is 0.347 e. The number of nitrogens with zero attached hydrogens (tertiary/aromatic N) is 2. The molecule has 1 heterocycles. The number of rotatable bonds is 3. The molecule has 108 valence electrons. The van der Waals surface area contributed by atoms with Gasteiger partial charge in [-0.25, -0.2) is 9.97 Å². The van der Waals surface area contributed by atoms with Gasteiger partial charge in [0.15, 0.2) is 10.9 Å². The molecule has 1 aromatic heterocycles. The van der Waals surface area contributed by atoms with E-state index in [4.69, 9.17) is 11.6 Å². The lowest BCUT2D eigenvalue weighted by atomic mass is 10.1. The number of aromatic nitrogens is 2. The number of nitrogens with one attached hydrogen (secondary N) is 1. The van der Waals surface area contributed by atoms with Crippen LogP contribution in [0.1, 0.15) is 21.6 Å². The molecule has 4 nitrogen and oxygen atoms in total. The van der Waals surface area contributed by atoms with E-state index >= 15 is 0 Å². The van der Waals surface area contributed by atoms with Gasteiger partial charge in [0.1, 0.15) is 0 Å². The first-order valence-electron chi connectivity index (χ1n) is 6.61. The van der Waals surface area contributed by atoms with Crippen molar-refractivity contribution in [3.63, 3.8) is 0 Å². The fraction of sp³-hybridized carbons (Fsp3) is 0.267. The molecule has 0 radical (unpaired) electrons. The lowest BCUT2D eigenvalue weighted by Crippen LogP contribution is -2.36. The zero-order valence-corrected chi connectivity index (χ0v) is 13.0.